The Morgan fingerprint density at radius 2 is 1.80 bits per heavy atom. The van der Waals surface area contributed by atoms with Crippen LogP contribution in [0, 0.1) is 0 Å². The maximum absolute atomic E-state index is 13.0. The van der Waals surface area contributed by atoms with Crippen LogP contribution in [0.5, 0.6) is 17.4 Å². The third kappa shape index (κ3) is 10.5. The SMILES string of the molecule is CCCCCS(=O)(=O)NC(=O)CCc1ccc(OCC(=O)N(CC)CC)cc1Oc1ncc(C(F)(F)F)cc1Cl. The molecule has 0 spiro atoms. The second-order valence-corrected chi connectivity index (χ2v) is 11.0. The average molecular weight is 608 g/mol. The number of hydrogen-bond donors (Lipinski definition) is 1. The number of ether oxygens (including phenoxy) is 2. The highest BCUT2D eigenvalue weighted by Gasteiger charge is 2.32. The van der Waals surface area contributed by atoms with Crippen LogP contribution < -0.4 is 14.2 Å². The predicted octanol–water partition coefficient (Wildman–Crippen LogP) is 5.36. The van der Waals surface area contributed by atoms with Gasteiger partial charge >= 0.3 is 6.18 Å². The standard InChI is InChI=1S/C26H33ClF3N3O6S/c1-4-7-8-13-40(36,37)32-23(34)12-10-18-9-11-20(38-17-24(35)33(5-2)6-3)15-22(18)39-25-21(27)14-19(16-31-25)26(28,29)30/h9,11,14-16H,4-8,10,12-13,17H2,1-3H3,(H,32,34). The lowest BCUT2D eigenvalue weighted by molar-refractivity contribution is -0.138. The number of halogens is 4. The molecule has 9 nitrogen and oxygen atoms in total. The lowest BCUT2D eigenvalue weighted by Gasteiger charge is -2.19. The number of alkyl halides is 3. The molecule has 2 aromatic rings. The first-order valence-corrected chi connectivity index (χ1v) is 14.8. The van der Waals surface area contributed by atoms with Crippen LogP contribution in [-0.4, -0.2) is 55.6 Å². The molecule has 2 rings (SSSR count). The third-order valence-electron chi connectivity index (χ3n) is 5.77. The highest BCUT2D eigenvalue weighted by molar-refractivity contribution is 7.90. The van der Waals surface area contributed by atoms with Crippen LogP contribution in [0.3, 0.4) is 0 Å². The minimum atomic E-state index is -4.66. The summed E-state index contributed by atoms with van der Waals surface area (Å²) in [5.74, 6) is -1.20. The normalized spacial score (nSPS) is 11.7. The van der Waals surface area contributed by atoms with E-state index in [1.807, 2.05) is 25.5 Å². The van der Waals surface area contributed by atoms with E-state index in [0.29, 0.717) is 43.8 Å². The summed E-state index contributed by atoms with van der Waals surface area (Å²) >= 11 is 6.00. The maximum Gasteiger partial charge on any atom is 0.417 e. The smallest absolute Gasteiger partial charge is 0.417 e. The van der Waals surface area contributed by atoms with Gasteiger partial charge in [0.2, 0.25) is 21.8 Å². The third-order valence-corrected chi connectivity index (χ3v) is 7.40. The van der Waals surface area contributed by atoms with E-state index in [2.05, 4.69) is 4.98 Å². The van der Waals surface area contributed by atoms with Crippen LogP contribution in [0.1, 0.15) is 57.6 Å². The summed E-state index contributed by atoms with van der Waals surface area (Å²) in [6.07, 6.45) is -2.33. The first kappa shape index (κ1) is 33.1. The minimum absolute atomic E-state index is 0.0164. The van der Waals surface area contributed by atoms with Crippen molar-refractivity contribution in [1.82, 2.24) is 14.6 Å². The number of carbonyl (C=O) groups is 2. The lowest BCUT2D eigenvalue weighted by atomic mass is 10.1. The number of amides is 2. The molecule has 0 saturated carbocycles. The van der Waals surface area contributed by atoms with Crippen molar-refractivity contribution in [2.24, 2.45) is 0 Å². The summed E-state index contributed by atoms with van der Waals surface area (Å²) in [6, 6.07) is 5.12. The molecule has 0 bridgehead atoms. The molecular formula is C26H33ClF3N3O6S. The van der Waals surface area contributed by atoms with Gasteiger partial charge in [0, 0.05) is 31.8 Å². The van der Waals surface area contributed by atoms with Gasteiger partial charge in [-0.25, -0.2) is 13.4 Å². The quantitative estimate of drug-likeness (QED) is 0.271. The number of pyridine rings is 1. The van der Waals surface area contributed by atoms with Crippen molar-refractivity contribution >= 4 is 33.4 Å². The van der Waals surface area contributed by atoms with Crippen molar-refractivity contribution in [2.45, 2.75) is 59.1 Å². The average Bonchev–Trinajstić information content (AvgIpc) is 2.88. The van der Waals surface area contributed by atoms with Crippen molar-refractivity contribution in [2.75, 3.05) is 25.4 Å². The van der Waals surface area contributed by atoms with Gasteiger partial charge in [0.15, 0.2) is 6.61 Å². The number of benzene rings is 1. The van der Waals surface area contributed by atoms with E-state index in [4.69, 9.17) is 21.1 Å². The molecule has 40 heavy (non-hydrogen) atoms. The summed E-state index contributed by atoms with van der Waals surface area (Å²) in [7, 11) is -3.78. The van der Waals surface area contributed by atoms with E-state index in [9.17, 15) is 31.2 Å². The van der Waals surface area contributed by atoms with Crippen LogP contribution >= 0.6 is 11.6 Å². The van der Waals surface area contributed by atoms with E-state index in [1.165, 1.54) is 18.2 Å². The lowest BCUT2D eigenvalue weighted by Crippen LogP contribution is -2.34. The molecule has 14 heteroatoms. The van der Waals surface area contributed by atoms with E-state index in [-0.39, 0.29) is 48.5 Å². The molecule has 0 saturated heterocycles. The van der Waals surface area contributed by atoms with Crippen molar-refractivity contribution in [3.05, 3.63) is 46.6 Å². The topological polar surface area (TPSA) is 115 Å². The molecule has 1 aromatic heterocycles. The van der Waals surface area contributed by atoms with Gasteiger partial charge in [-0.3, -0.25) is 14.3 Å². The fraction of sp³-hybridized carbons (Fsp3) is 0.500. The molecule has 0 aliphatic heterocycles. The number of nitrogens with one attached hydrogen (secondary N) is 1. The van der Waals surface area contributed by atoms with Gasteiger partial charge in [-0.15, -0.1) is 0 Å². The first-order valence-electron chi connectivity index (χ1n) is 12.8. The Morgan fingerprint density at radius 1 is 1.10 bits per heavy atom. The highest BCUT2D eigenvalue weighted by atomic mass is 35.5. The fourth-order valence-electron chi connectivity index (χ4n) is 3.56. The van der Waals surface area contributed by atoms with Gasteiger partial charge in [-0.05, 0) is 44.4 Å². The van der Waals surface area contributed by atoms with E-state index >= 15 is 0 Å². The Balaban J connectivity index is 2.25. The van der Waals surface area contributed by atoms with Crippen LogP contribution in [0.15, 0.2) is 30.5 Å². The Bertz CT molecular complexity index is 1270. The highest BCUT2D eigenvalue weighted by Crippen LogP contribution is 2.36. The summed E-state index contributed by atoms with van der Waals surface area (Å²) in [5.41, 5.74) is -0.660. The van der Waals surface area contributed by atoms with Gasteiger partial charge in [0.1, 0.15) is 16.5 Å². The molecule has 1 heterocycles. The Hall–Kier alpha value is -3.06. The molecule has 2 amide bonds. The second kappa shape index (κ2) is 15.1. The van der Waals surface area contributed by atoms with Gasteiger partial charge in [-0.2, -0.15) is 13.2 Å². The molecule has 222 valence electrons. The predicted molar refractivity (Wildman–Crippen MR) is 144 cm³/mol. The minimum Gasteiger partial charge on any atom is -0.484 e. The number of unbranched alkanes of at least 4 members (excludes halogenated alkanes) is 2. The van der Waals surface area contributed by atoms with Crippen LogP contribution in [0.25, 0.3) is 0 Å². The Labute approximate surface area is 237 Å². The number of carbonyl (C=O) groups excluding carboxylic acids is 2. The molecule has 0 atom stereocenters. The zero-order chi connectivity index (χ0) is 29.9. The number of aryl methyl sites for hydroxylation is 1. The van der Waals surface area contributed by atoms with Crippen LogP contribution in [-0.2, 0) is 32.2 Å². The zero-order valence-corrected chi connectivity index (χ0v) is 24.1. The monoisotopic (exact) mass is 607 g/mol. The van der Waals surface area contributed by atoms with Gasteiger partial charge in [0.05, 0.1) is 11.3 Å². The molecular weight excluding hydrogens is 575 g/mol. The van der Waals surface area contributed by atoms with Crippen molar-refractivity contribution in [3.63, 3.8) is 0 Å². The number of aromatic nitrogens is 1. The van der Waals surface area contributed by atoms with Gasteiger partial charge in [-0.1, -0.05) is 37.4 Å². The van der Waals surface area contributed by atoms with Crippen LogP contribution in [0.4, 0.5) is 13.2 Å². The van der Waals surface area contributed by atoms with Gasteiger partial charge < -0.3 is 14.4 Å². The number of sulfonamides is 1. The van der Waals surface area contributed by atoms with E-state index in [1.54, 1.807) is 4.90 Å². The molecule has 0 unspecified atom stereocenters. The van der Waals surface area contributed by atoms with Crippen LogP contribution in [0.2, 0.25) is 5.02 Å². The first-order chi connectivity index (χ1) is 18.8. The zero-order valence-electron chi connectivity index (χ0n) is 22.5. The van der Waals surface area contributed by atoms with Gasteiger partial charge in [0.25, 0.3) is 5.91 Å². The Morgan fingerprint density at radius 3 is 2.40 bits per heavy atom. The van der Waals surface area contributed by atoms with Crippen molar-refractivity contribution in [1.29, 1.82) is 0 Å². The maximum atomic E-state index is 13.0. The number of nitrogens with zero attached hydrogens (tertiary/aromatic N) is 2. The summed E-state index contributed by atoms with van der Waals surface area (Å²) < 4.78 is 76.6. The molecule has 1 N–H and O–H groups in total. The number of rotatable bonds is 15. The van der Waals surface area contributed by atoms with Crippen molar-refractivity contribution in [3.8, 4) is 17.4 Å². The summed E-state index contributed by atoms with van der Waals surface area (Å²) in [6.45, 7) is 6.32. The van der Waals surface area contributed by atoms with Crippen molar-refractivity contribution < 1.29 is 40.7 Å². The molecule has 0 aliphatic rings. The second-order valence-electron chi connectivity index (χ2n) is 8.79. The summed E-state index contributed by atoms with van der Waals surface area (Å²) in [5, 5.41) is -0.403. The molecule has 1 aromatic carbocycles. The number of likely N-dealkylation sites (N-methyl/N-ethyl adjacent to an activating group) is 1. The van der Waals surface area contributed by atoms with E-state index in [0.717, 1.165) is 6.42 Å². The Kier molecular flexibility index (Phi) is 12.5. The molecule has 0 radical (unpaired) electrons. The summed E-state index contributed by atoms with van der Waals surface area (Å²) in [4.78, 5) is 29.9. The molecule has 0 fully saturated rings. The molecule has 0 aliphatic carbocycles. The number of hydrogen-bond acceptors (Lipinski definition) is 7. The fourth-order valence-corrected chi connectivity index (χ4v) is 4.90. The largest absolute Gasteiger partial charge is 0.484 e. The van der Waals surface area contributed by atoms with E-state index < -0.39 is 32.7 Å².